The van der Waals surface area contributed by atoms with E-state index in [0.717, 1.165) is 45.3 Å². The van der Waals surface area contributed by atoms with Crippen LogP contribution in [0, 0.1) is 13.8 Å². The molecule has 2 heterocycles. The van der Waals surface area contributed by atoms with E-state index in [2.05, 4.69) is 10.3 Å². The van der Waals surface area contributed by atoms with Crippen LogP contribution in [0.1, 0.15) is 72.9 Å². The quantitative estimate of drug-likeness (QED) is 0.258. The van der Waals surface area contributed by atoms with Gasteiger partial charge in [-0.3, -0.25) is 4.79 Å². The second-order valence-electron chi connectivity index (χ2n) is 9.90. The lowest BCUT2D eigenvalue weighted by Crippen LogP contribution is -2.38. The number of benzene rings is 2. The third-order valence-corrected chi connectivity index (χ3v) is 8.74. The van der Waals surface area contributed by atoms with Gasteiger partial charge in [-0.05, 0) is 74.4 Å². The number of carbonyl (C=O) groups is 1. The van der Waals surface area contributed by atoms with E-state index >= 15 is 0 Å². The number of fused-ring (bicyclic) bond motifs is 1. The molecular weight excluding hydrogens is 536 g/mol. The minimum Gasteiger partial charge on any atom is -0.480 e. The van der Waals surface area contributed by atoms with Gasteiger partial charge in [-0.15, -0.1) is 5.10 Å². The number of aromatic nitrogens is 3. The highest BCUT2D eigenvalue weighted by Gasteiger charge is 2.34. The van der Waals surface area contributed by atoms with Crippen LogP contribution in [0.4, 0.5) is 0 Å². The standard InChI is InChI=1S/C28H36N4O7S/c1-5-38-27(35)17-24(22-10-11-25-28(19(22)3)29-30-31(25)13-6-7-15-33)21-9-8-18(2)23(16-21)20(4)32-14-12-26(34)39-40(32,36)37/h8-12,16,20,24,33-34H,5-7,13-15,17H2,1-4H3/t20-,24?/m1/s1. The lowest BCUT2D eigenvalue weighted by molar-refractivity contribution is -0.143. The van der Waals surface area contributed by atoms with Crippen LogP contribution >= 0.6 is 0 Å². The maximum absolute atomic E-state index is 12.8. The van der Waals surface area contributed by atoms with Gasteiger partial charge >= 0.3 is 16.3 Å². The Morgan fingerprint density at radius 2 is 1.95 bits per heavy atom. The van der Waals surface area contributed by atoms with Crippen LogP contribution < -0.4 is 0 Å². The Labute approximate surface area is 234 Å². The molecule has 1 aliphatic rings. The second kappa shape index (κ2) is 12.4. The number of unbranched alkanes of at least 4 members (excludes halogenated alkanes) is 1. The van der Waals surface area contributed by atoms with E-state index in [-0.39, 0.29) is 38.1 Å². The van der Waals surface area contributed by atoms with Crippen molar-refractivity contribution in [3.63, 3.8) is 0 Å². The van der Waals surface area contributed by atoms with E-state index < -0.39 is 22.3 Å². The van der Waals surface area contributed by atoms with Crippen molar-refractivity contribution in [1.29, 1.82) is 0 Å². The summed E-state index contributed by atoms with van der Waals surface area (Å²) in [6, 6.07) is 9.11. The second-order valence-corrected chi connectivity index (χ2v) is 11.4. The summed E-state index contributed by atoms with van der Waals surface area (Å²) in [7, 11) is -4.18. The number of aryl methyl sites for hydroxylation is 3. The number of carbonyl (C=O) groups excluding carboxylic acids is 1. The summed E-state index contributed by atoms with van der Waals surface area (Å²) >= 11 is 0. The molecule has 0 fully saturated rings. The Bertz CT molecular complexity index is 1520. The summed E-state index contributed by atoms with van der Waals surface area (Å²) in [6.45, 7) is 8.36. The Morgan fingerprint density at radius 3 is 2.65 bits per heavy atom. The van der Waals surface area contributed by atoms with Crippen LogP contribution in [0.3, 0.4) is 0 Å². The van der Waals surface area contributed by atoms with Gasteiger partial charge < -0.3 is 19.1 Å². The first-order valence-corrected chi connectivity index (χ1v) is 14.7. The summed E-state index contributed by atoms with van der Waals surface area (Å²) < 4.78 is 38.3. The molecule has 1 aromatic heterocycles. The molecule has 0 spiro atoms. The van der Waals surface area contributed by atoms with Crippen molar-refractivity contribution in [3.8, 4) is 0 Å². The molecule has 1 aliphatic heterocycles. The molecule has 2 aromatic carbocycles. The lowest BCUT2D eigenvalue weighted by Gasteiger charge is -2.30. The fourth-order valence-electron chi connectivity index (χ4n) is 5.17. The first-order chi connectivity index (χ1) is 19.1. The smallest absolute Gasteiger partial charge is 0.388 e. The van der Waals surface area contributed by atoms with Crippen molar-refractivity contribution in [2.45, 2.75) is 65.5 Å². The fourth-order valence-corrected chi connectivity index (χ4v) is 6.31. The van der Waals surface area contributed by atoms with Crippen LogP contribution in [0.15, 0.2) is 42.4 Å². The fraction of sp³-hybridized carbons (Fsp3) is 0.464. The molecule has 1 unspecified atom stereocenters. The van der Waals surface area contributed by atoms with Crippen molar-refractivity contribution in [2.24, 2.45) is 0 Å². The predicted octanol–water partition coefficient (Wildman–Crippen LogP) is 3.94. The molecular formula is C28H36N4O7S. The average molecular weight is 573 g/mol. The van der Waals surface area contributed by atoms with Crippen LogP contribution in [0.25, 0.3) is 11.0 Å². The molecule has 0 saturated carbocycles. The van der Waals surface area contributed by atoms with Gasteiger partial charge in [0.05, 0.1) is 24.6 Å². The van der Waals surface area contributed by atoms with E-state index in [1.807, 2.05) is 48.9 Å². The number of aliphatic hydroxyl groups excluding tert-OH is 2. The number of hydrogen-bond acceptors (Lipinski definition) is 9. The largest absolute Gasteiger partial charge is 0.480 e. The molecule has 0 saturated heterocycles. The van der Waals surface area contributed by atoms with Gasteiger partial charge in [0, 0.05) is 31.7 Å². The normalized spacial score (nSPS) is 16.8. The molecule has 11 nitrogen and oxygen atoms in total. The number of rotatable bonds is 11. The van der Waals surface area contributed by atoms with Crippen molar-refractivity contribution in [3.05, 3.63) is 70.2 Å². The molecule has 0 amide bonds. The first-order valence-electron chi connectivity index (χ1n) is 13.4. The van der Waals surface area contributed by atoms with Crippen LogP contribution in [-0.4, -0.2) is 63.7 Å². The Hall–Kier alpha value is -3.48. The highest BCUT2D eigenvalue weighted by atomic mass is 32.2. The summed E-state index contributed by atoms with van der Waals surface area (Å²) in [5, 5.41) is 27.4. The van der Waals surface area contributed by atoms with Gasteiger partial charge in [0.1, 0.15) is 5.52 Å². The van der Waals surface area contributed by atoms with Crippen molar-refractivity contribution in [2.75, 3.05) is 19.8 Å². The lowest BCUT2D eigenvalue weighted by atomic mass is 9.83. The van der Waals surface area contributed by atoms with Gasteiger partial charge in [0.15, 0.2) is 0 Å². The van der Waals surface area contributed by atoms with Gasteiger partial charge in [-0.2, -0.15) is 12.7 Å². The molecule has 2 atom stereocenters. The van der Waals surface area contributed by atoms with Gasteiger partial charge in [0.25, 0.3) is 5.95 Å². The van der Waals surface area contributed by atoms with Crippen LogP contribution in [0.5, 0.6) is 0 Å². The van der Waals surface area contributed by atoms with Crippen LogP contribution in [-0.2, 0) is 30.6 Å². The Morgan fingerprint density at radius 1 is 1.18 bits per heavy atom. The van der Waals surface area contributed by atoms with Crippen molar-refractivity contribution < 1.29 is 32.3 Å². The third-order valence-electron chi connectivity index (χ3n) is 7.32. The molecule has 40 heavy (non-hydrogen) atoms. The molecule has 4 rings (SSSR count). The molecule has 2 N–H and O–H groups in total. The van der Waals surface area contributed by atoms with E-state index in [0.29, 0.717) is 13.0 Å². The SMILES string of the molecule is CCOC(=O)CC(c1ccc(C)c([C@@H](C)N2CC=C(O)OS2(=O)=O)c1)c1ccc2c(nnn2CCCCO)c1C. The molecule has 3 aromatic rings. The number of esters is 1. The monoisotopic (exact) mass is 572 g/mol. The highest BCUT2D eigenvalue weighted by Crippen LogP contribution is 2.37. The minimum atomic E-state index is -4.18. The molecule has 0 bridgehead atoms. The highest BCUT2D eigenvalue weighted by molar-refractivity contribution is 7.84. The van der Waals surface area contributed by atoms with E-state index in [4.69, 9.17) is 14.0 Å². The van der Waals surface area contributed by atoms with E-state index in [9.17, 15) is 18.3 Å². The number of hydrogen-bond donors (Lipinski definition) is 2. The maximum Gasteiger partial charge on any atom is 0.388 e. The van der Waals surface area contributed by atoms with Crippen molar-refractivity contribution >= 4 is 27.3 Å². The van der Waals surface area contributed by atoms with E-state index in [1.165, 1.54) is 10.4 Å². The Balaban J connectivity index is 1.76. The first kappa shape index (κ1) is 29.5. The number of nitrogens with zero attached hydrogens (tertiary/aromatic N) is 4. The zero-order valence-corrected chi connectivity index (χ0v) is 24.0. The Kier molecular flexibility index (Phi) is 9.12. The average Bonchev–Trinajstić information content (AvgIpc) is 3.31. The minimum absolute atomic E-state index is 0.0327. The van der Waals surface area contributed by atoms with Gasteiger partial charge in [0.2, 0.25) is 0 Å². The topological polar surface area (TPSA) is 144 Å². The van der Waals surface area contributed by atoms with E-state index in [1.54, 1.807) is 13.8 Å². The summed E-state index contributed by atoms with van der Waals surface area (Å²) in [4.78, 5) is 12.8. The summed E-state index contributed by atoms with van der Waals surface area (Å²) in [5.41, 5.74) is 5.85. The van der Waals surface area contributed by atoms with Crippen molar-refractivity contribution in [1.82, 2.24) is 19.3 Å². The predicted molar refractivity (Wildman–Crippen MR) is 149 cm³/mol. The van der Waals surface area contributed by atoms with Gasteiger partial charge in [-0.1, -0.05) is 29.5 Å². The zero-order chi connectivity index (χ0) is 29.0. The number of ether oxygens (including phenoxy) is 1. The zero-order valence-electron chi connectivity index (χ0n) is 23.2. The molecule has 216 valence electrons. The van der Waals surface area contributed by atoms with Crippen LogP contribution in [0.2, 0.25) is 0 Å². The molecule has 12 heteroatoms. The third kappa shape index (κ3) is 6.13. The number of aliphatic hydroxyl groups is 2. The summed E-state index contributed by atoms with van der Waals surface area (Å²) in [5.74, 6) is -1.37. The molecule has 0 aliphatic carbocycles. The summed E-state index contributed by atoms with van der Waals surface area (Å²) in [6.07, 6.45) is 2.84. The molecule has 0 radical (unpaired) electrons. The maximum atomic E-state index is 12.8. The van der Waals surface area contributed by atoms with Gasteiger partial charge in [-0.25, -0.2) is 4.68 Å².